The maximum Gasteiger partial charge on any atom is 0.291 e. The third-order valence-corrected chi connectivity index (χ3v) is 6.14. The van der Waals surface area contributed by atoms with Crippen LogP contribution in [0.3, 0.4) is 0 Å². The Hall–Kier alpha value is -2.96. The van der Waals surface area contributed by atoms with Gasteiger partial charge in [-0.15, -0.1) is 0 Å². The highest BCUT2D eigenvalue weighted by molar-refractivity contribution is 6.33. The third kappa shape index (κ3) is 5.34. The van der Waals surface area contributed by atoms with Crippen molar-refractivity contribution in [2.24, 2.45) is 5.92 Å². The molecule has 0 unspecified atom stereocenters. The van der Waals surface area contributed by atoms with Gasteiger partial charge < -0.3 is 19.5 Å². The van der Waals surface area contributed by atoms with E-state index in [1.807, 2.05) is 43.0 Å². The van der Waals surface area contributed by atoms with E-state index in [2.05, 4.69) is 10.2 Å². The minimum Gasteiger partial charge on any atom is -0.451 e. The number of nitrogens with one attached hydrogen (secondary N) is 1. The maximum atomic E-state index is 12.6. The normalized spacial score (nSPS) is 14.0. The summed E-state index contributed by atoms with van der Waals surface area (Å²) in [7, 11) is 0. The number of carbonyl (C=O) groups is 2. The summed E-state index contributed by atoms with van der Waals surface area (Å²) in [5, 5.41) is 4.00. The Morgan fingerprint density at radius 3 is 2.27 bits per heavy atom. The second kappa shape index (κ2) is 9.89. The molecule has 0 atom stereocenters. The quantitative estimate of drug-likeness (QED) is 0.494. The fraction of sp³-hybridized carbons (Fsp3) is 0.280. The molecule has 4 rings (SSSR count). The number of hydrogen-bond acceptors (Lipinski definition) is 4. The first-order valence-electron chi connectivity index (χ1n) is 10.8. The Morgan fingerprint density at radius 2 is 1.64 bits per heavy atom. The first-order chi connectivity index (χ1) is 15.8. The van der Waals surface area contributed by atoms with Gasteiger partial charge in [0, 0.05) is 48.4 Å². The second-order valence-electron chi connectivity index (χ2n) is 8.26. The molecule has 0 radical (unpaired) electrons. The molecule has 0 bridgehead atoms. The molecule has 1 aliphatic heterocycles. The van der Waals surface area contributed by atoms with Gasteiger partial charge >= 0.3 is 0 Å². The molecular formula is C25H25Cl2N3O3. The van der Waals surface area contributed by atoms with Crippen LogP contribution < -0.4 is 10.2 Å². The van der Waals surface area contributed by atoms with Crippen LogP contribution >= 0.6 is 23.2 Å². The van der Waals surface area contributed by atoms with Crippen molar-refractivity contribution in [2.75, 3.05) is 36.4 Å². The first-order valence-corrected chi connectivity index (χ1v) is 11.6. The highest BCUT2D eigenvalue weighted by Gasteiger charge is 2.24. The lowest BCUT2D eigenvalue weighted by molar-refractivity contribution is -0.134. The van der Waals surface area contributed by atoms with E-state index in [0.717, 1.165) is 11.3 Å². The average molecular weight is 486 g/mol. The molecule has 1 aromatic heterocycles. The molecule has 3 aromatic rings. The Balaban J connectivity index is 1.39. The first kappa shape index (κ1) is 23.2. The smallest absolute Gasteiger partial charge is 0.291 e. The summed E-state index contributed by atoms with van der Waals surface area (Å²) in [6, 6.07) is 16.0. The summed E-state index contributed by atoms with van der Waals surface area (Å²) in [5.74, 6) is 0.599. The zero-order valence-corrected chi connectivity index (χ0v) is 20.0. The van der Waals surface area contributed by atoms with Crippen molar-refractivity contribution < 1.29 is 14.0 Å². The zero-order valence-electron chi connectivity index (χ0n) is 18.5. The van der Waals surface area contributed by atoms with E-state index in [1.165, 1.54) is 0 Å². The van der Waals surface area contributed by atoms with E-state index in [1.54, 1.807) is 30.3 Å². The van der Waals surface area contributed by atoms with Crippen LogP contribution in [0.1, 0.15) is 24.4 Å². The molecule has 0 saturated carbocycles. The number of anilines is 2. The number of hydrogen-bond donors (Lipinski definition) is 1. The van der Waals surface area contributed by atoms with Gasteiger partial charge in [0.05, 0.1) is 10.7 Å². The second-order valence-corrected chi connectivity index (χ2v) is 9.10. The van der Waals surface area contributed by atoms with Crippen molar-refractivity contribution in [1.82, 2.24) is 4.90 Å². The molecule has 1 saturated heterocycles. The van der Waals surface area contributed by atoms with Gasteiger partial charge in [-0.2, -0.15) is 0 Å². The van der Waals surface area contributed by atoms with Crippen LogP contribution in [0.4, 0.5) is 11.4 Å². The Bertz CT molecular complexity index is 1150. The fourth-order valence-corrected chi connectivity index (χ4v) is 4.22. The van der Waals surface area contributed by atoms with Gasteiger partial charge in [0.2, 0.25) is 5.91 Å². The maximum absolute atomic E-state index is 12.6. The summed E-state index contributed by atoms with van der Waals surface area (Å²) in [4.78, 5) is 28.9. The lowest BCUT2D eigenvalue weighted by Crippen LogP contribution is -2.50. The fourth-order valence-electron chi connectivity index (χ4n) is 3.80. The van der Waals surface area contributed by atoms with Crippen LogP contribution in [-0.4, -0.2) is 42.9 Å². The summed E-state index contributed by atoms with van der Waals surface area (Å²) in [6.45, 7) is 6.59. The number of carbonyl (C=O) groups excluding carboxylic acids is 2. The molecule has 2 aromatic carbocycles. The number of nitrogens with zero attached hydrogens (tertiary/aromatic N) is 2. The van der Waals surface area contributed by atoms with Crippen molar-refractivity contribution >= 4 is 46.4 Å². The van der Waals surface area contributed by atoms with E-state index in [-0.39, 0.29) is 23.5 Å². The Morgan fingerprint density at radius 1 is 0.939 bits per heavy atom. The van der Waals surface area contributed by atoms with Gasteiger partial charge in [0.25, 0.3) is 5.91 Å². The molecule has 172 valence electrons. The molecule has 0 aliphatic carbocycles. The molecule has 2 heterocycles. The monoisotopic (exact) mass is 485 g/mol. The minimum absolute atomic E-state index is 0.000496. The lowest BCUT2D eigenvalue weighted by Gasteiger charge is -2.37. The van der Waals surface area contributed by atoms with Crippen molar-refractivity contribution in [3.05, 3.63) is 70.4 Å². The predicted molar refractivity (Wildman–Crippen MR) is 132 cm³/mol. The van der Waals surface area contributed by atoms with Gasteiger partial charge in [-0.25, -0.2) is 0 Å². The van der Waals surface area contributed by atoms with E-state index in [9.17, 15) is 9.59 Å². The van der Waals surface area contributed by atoms with Gasteiger partial charge in [-0.3, -0.25) is 9.59 Å². The number of piperazine rings is 1. The van der Waals surface area contributed by atoms with Crippen LogP contribution in [0.25, 0.3) is 11.3 Å². The summed E-state index contributed by atoms with van der Waals surface area (Å²) in [5.41, 5.74) is 2.29. The summed E-state index contributed by atoms with van der Waals surface area (Å²) < 4.78 is 5.71. The van der Waals surface area contributed by atoms with Crippen molar-refractivity contribution in [3.63, 3.8) is 0 Å². The minimum atomic E-state index is -0.361. The van der Waals surface area contributed by atoms with E-state index in [0.29, 0.717) is 47.7 Å². The molecule has 33 heavy (non-hydrogen) atoms. The molecule has 6 nitrogen and oxygen atoms in total. The van der Waals surface area contributed by atoms with E-state index in [4.69, 9.17) is 27.6 Å². The van der Waals surface area contributed by atoms with Crippen LogP contribution in [0.5, 0.6) is 0 Å². The molecule has 1 N–H and O–H groups in total. The van der Waals surface area contributed by atoms with Crippen LogP contribution in [0.15, 0.2) is 59.0 Å². The number of furan rings is 1. The number of halogens is 2. The Kier molecular flexibility index (Phi) is 6.96. The van der Waals surface area contributed by atoms with Crippen molar-refractivity contribution in [3.8, 4) is 11.3 Å². The summed E-state index contributed by atoms with van der Waals surface area (Å²) >= 11 is 12.5. The van der Waals surface area contributed by atoms with E-state index >= 15 is 0 Å². The van der Waals surface area contributed by atoms with E-state index < -0.39 is 0 Å². The molecule has 0 spiro atoms. The SMILES string of the molecule is CC(C)C(=O)N1CCN(c2ccc(NC(=O)c3ccc(-c4ccc(Cl)cc4)o3)cc2Cl)CC1. The van der Waals surface area contributed by atoms with Gasteiger partial charge in [0.15, 0.2) is 5.76 Å². The average Bonchev–Trinajstić information content (AvgIpc) is 3.30. The Labute approximate surface area is 203 Å². The van der Waals surface area contributed by atoms with Gasteiger partial charge in [-0.1, -0.05) is 37.0 Å². The molecule has 1 fully saturated rings. The van der Waals surface area contributed by atoms with Crippen molar-refractivity contribution in [2.45, 2.75) is 13.8 Å². The highest BCUT2D eigenvalue weighted by atomic mass is 35.5. The largest absolute Gasteiger partial charge is 0.451 e. The standard InChI is InChI=1S/C25H25Cl2N3O3/c1-16(2)25(32)30-13-11-29(12-14-30)21-8-7-19(15-20(21)27)28-24(31)23-10-9-22(33-23)17-3-5-18(26)6-4-17/h3-10,15-16H,11-14H2,1-2H3,(H,28,31). The lowest BCUT2D eigenvalue weighted by atomic mass is 10.1. The molecule has 8 heteroatoms. The zero-order chi connectivity index (χ0) is 23.5. The number of amides is 2. The van der Waals surface area contributed by atoms with Crippen LogP contribution in [-0.2, 0) is 4.79 Å². The van der Waals surface area contributed by atoms with Gasteiger partial charge in [0.1, 0.15) is 5.76 Å². The topological polar surface area (TPSA) is 65.8 Å². The summed E-state index contributed by atoms with van der Waals surface area (Å²) in [6.07, 6.45) is 0. The highest BCUT2D eigenvalue weighted by Crippen LogP contribution is 2.30. The third-order valence-electron chi connectivity index (χ3n) is 5.59. The molecule has 2 amide bonds. The van der Waals surface area contributed by atoms with Crippen LogP contribution in [0, 0.1) is 5.92 Å². The van der Waals surface area contributed by atoms with Gasteiger partial charge in [-0.05, 0) is 54.6 Å². The molecule has 1 aliphatic rings. The van der Waals surface area contributed by atoms with Crippen LogP contribution in [0.2, 0.25) is 10.0 Å². The number of benzene rings is 2. The van der Waals surface area contributed by atoms with Crippen molar-refractivity contribution in [1.29, 1.82) is 0 Å². The molecular weight excluding hydrogens is 461 g/mol. The number of rotatable bonds is 5. The predicted octanol–water partition coefficient (Wildman–Crippen LogP) is 5.81.